The van der Waals surface area contributed by atoms with Crippen molar-refractivity contribution in [3.05, 3.63) is 48.5 Å². The van der Waals surface area contributed by atoms with Gasteiger partial charge in [-0.2, -0.15) is 0 Å². The lowest BCUT2D eigenvalue weighted by Crippen LogP contribution is -2.45. The minimum absolute atomic E-state index is 0.155. The van der Waals surface area contributed by atoms with E-state index in [-0.39, 0.29) is 5.91 Å². The average Bonchev–Trinajstić information content (AvgIpc) is 3.09. The minimum Gasteiger partial charge on any atom is -0.336 e. The van der Waals surface area contributed by atoms with Crippen molar-refractivity contribution in [2.24, 2.45) is 5.92 Å². The van der Waals surface area contributed by atoms with Crippen molar-refractivity contribution in [2.45, 2.75) is 39.2 Å². The lowest BCUT2D eigenvalue weighted by molar-refractivity contribution is 0.0556. The van der Waals surface area contributed by atoms with Gasteiger partial charge in [-0.1, -0.05) is 13.3 Å². The molecule has 1 aliphatic rings. The van der Waals surface area contributed by atoms with Crippen molar-refractivity contribution >= 4 is 5.91 Å². The number of carbonyl (C=O) groups excluding carboxylic acids is 1. The molecule has 0 N–H and O–H groups in total. The van der Waals surface area contributed by atoms with Crippen LogP contribution in [-0.2, 0) is 0 Å². The summed E-state index contributed by atoms with van der Waals surface area (Å²) in [6.07, 6.45) is 8.90. The van der Waals surface area contributed by atoms with Crippen LogP contribution in [0.1, 0.15) is 43.5 Å². The molecule has 0 saturated carbocycles. The van der Waals surface area contributed by atoms with E-state index in [0.29, 0.717) is 12.0 Å². The first kappa shape index (κ1) is 14.8. The monoisotopic (exact) mass is 297 g/mol. The fourth-order valence-corrected chi connectivity index (χ4v) is 3.15. The number of benzene rings is 1. The Labute approximate surface area is 131 Å². The molecule has 4 nitrogen and oxygen atoms in total. The van der Waals surface area contributed by atoms with Gasteiger partial charge < -0.3 is 9.47 Å². The van der Waals surface area contributed by atoms with Gasteiger partial charge in [0.15, 0.2) is 0 Å². The molecule has 0 bridgehead atoms. The molecule has 1 saturated heterocycles. The molecule has 1 aromatic carbocycles. The van der Waals surface area contributed by atoms with Gasteiger partial charge in [0.05, 0.1) is 6.33 Å². The Morgan fingerprint density at radius 2 is 2.05 bits per heavy atom. The SMILES string of the molecule is CC[C@H]1CC[C@@H](C)N(C(=O)c2ccc(-n3ccnc3)cc2)C1. The van der Waals surface area contributed by atoms with Crippen LogP contribution < -0.4 is 0 Å². The van der Waals surface area contributed by atoms with Crippen LogP contribution >= 0.6 is 0 Å². The summed E-state index contributed by atoms with van der Waals surface area (Å²) in [5.74, 6) is 0.799. The van der Waals surface area contributed by atoms with Crippen molar-refractivity contribution in [2.75, 3.05) is 6.54 Å². The van der Waals surface area contributed by atoms with E-state index in [4.69, 9.17) is 0 Å². The zero-order valence-corrected chi connectivity index (χ0v) is 13.3. The van der Waals surface area contributed by atoms with Crippen LogP contribution in [-0.4, -0.2) is 32.9 Å². The van der Waals surface area contributed by atoms with Gasteiger partial charge in [-0.15, -0.1) is 0 Å². The summed E-state index contributed by atoms with van der Waals surface area (Å²) in [4.78, 5) is 18.9. The predicted octanol–water partition coefficient (Wildman–Crippen LogP) is 3.52. The summed E-state index contributed by atoms with van der Waals surface area (Å²) >= 11 is 0. The Kier molecular flexibility index (Phi) is 4.27. The smallest absolute Gasteiger partial charge is 0.254 e. The topological polar surface area (TPSA) is 38.1 Å². The highest BCUT2D eigenvalue weighted by Gasteiger charge is 2.28. The maximum atomic E-state index is 12.8. The lowest BCUT2D eigenvalue weighted by atomic mass is 9.91. The fraction of sp³-hybridized carbons (Fsp3) is 0.444. The van der Waals surface area contributed by atoms with Gasteiger partial charge in [-0.05, 0) is 49.9 Å². The number of carbonyl (C=O) groups is 1. The molecule has 0 radical (unpaired) electrons. The van der Waals surface area contributed by atoms with Gasteiger partial charge in [0.1, 0.15) is 0 Å². The van der Waals surface area contributed by atoms with Gasteiger partial charge in [0, 0.05) is 36.2 Å². The molecule has 0 spiro atoms. The number of amides is 1. The quantitative estimate of drug-likeness (QED) is 0.869. The third-order valence-electron chi connectivity index (χ3n) is 4.73. The highest BCUT2D eigenvalue weighted by atomic mass is 16.2. The first-order valence-electron chi connectivity index (χ1n) is 8.08. The second-order valence-electron chi connectivity index (χ2n) is 6.17. The van der Waals surface area contributed by atoms with Crippen molar-refractivity contribution in [1.82, 2.24) is 14.5 Å². The first-order valence-corrected chi connectivity index (χ1v) is 8.08. The van der Waals surface area contributed by atoms with E-state index in [0.717, 1.165) is 30.6 Å². The Bertz CT molecular complexity index is 618. The molecular weight excluding hydrogens is 274 g/mol. The van der Waals surface area contributed by atoms with Crippen LogP contribution in [0.15, 0.2) is 43.0 Å². The van der Waals surface area contributed by atoms with Crippen molar-refractivity contribution in [3.63, 3.8) is 0 Å². The van der Waals surface area contributed by atoms with Crippen LogP contribution in [0.5, 0.6) is 0 Å². The van der Waals surface area contributed by atoms with Crippen LogP contribution in [0, 0.1) is 5.92 Å². The van der Waals surface area contributed by atoms with Gasteiger partial charge in [-0.25, -0.2) is 4.98 Å². The van der Waals surface area contributed by atoms with Gasteiger partial charge >= 0.3 is 0 Å². The van der Waals surface area contributed by atoms with E-state index in [1.807, 2.05) is 39.9 Å². The fourth-order valence-electron chi connectivity index (χ4n) is 3.15. The van der Waals surface area contributed by atoms with Crippen LogP contribution in [0.25, 0.3) is 5.69 Å². The van der Waals surface area contributed by atoms with Crippen molar-refractivity contribution in [3.8, 4) is 5.69 Å². The molecule has 3 rings (SSSR count). The Morgan fingerprint density at radius 1 is 1.27 bits per heavy atom. The highest BCUT2D eigenvalue weighted by Crippen LogP contribution is 2.25. The molecule has 0 unspecified atom stereocenters. The zero-order valence-electron chi connectivity index (χ0n) is 13.3. The first-order chi connectivity index (χ1) is 10.7. The van der Waals surface area contributed by atoms with Crippen LogP contribution in [0.3, 0.4) is 0 Å². The number of rotatable bonds is 3. The molecule has 2 aromatic rings. The number of hydrogen-bond donors (Lipinski definition) is 0. The second-order valence-corrected chi connectivity index (χ2v) is 6.17. The number of nitrogens with zero attached hydrogens (tertiary/aromatic N) is 3. The third kappa shape index (κ3) is 2.91. The number of aromatic nitrogens is 2. The van der Waals surface area contributed by atoms with Crippen LogP contribution in [0.4, 0.5) is 0 Å². The number of imidazole rings is 1. The summed E-state index contributed by atoms with van der Waals surface area (Å²) in [6, 6.07) is 8.12. The van der Waals surface area contributed by atoms with Gasteiger partial charge in [-0.3, -0.25) is 4.79 Å². The maximum Gasteiger partial charge on any atom is 0.254 e. The Hall–Kier alpha value is -2.10. The molecule has 2 atom stereocenters. The molecule has 116 valence electrons. The average molecular weight is 297 g/mol. The number of hydrogen-bond acceptors (Lipinski definition) is 2. The lowest BCUT2D eigenvalue weighted by Gasteiger charge is -2.38. The molecule has 4 heteroatoms. The molecule has 1 fully saturated rings. The predicted molar refractivity (Wildman–Crippen MR) is 87.1 cm³/mol. The largest absolute Gasteiger partial charge is 0.336 e. The summed E-state index contributed by atoms with van der Waals surface area (Å²) in [5.41, 5.74) is 1.79. The Morgan fingerprint density at radius 3 is 2.68 bits per heavy atom. The summed E-state index contributed by atoms with van der Waals surface area (Å²) < 4.78 is 1.94. The number of piperidine rings is 1. The third-order valence-corrected chi connectivity index (χ3v) is 4.73. The molecule has 22 heavy (non-hydrogen) atoms. The van der Waals surface area contributed by atoms with Crippen molar-refractivity contribution in [1.29, 1.82) is 0 Å². The summed E-state index contributed by atoms with van der Waals surface area (Å²) in [5, 5.41) is 0. The van der Waals surface area contributed by atoms with E-state index in [9.17, 15) is 4.79 Å². The molecule has 2 heterocycles. The van der Waals surface area contributed by atoms with E-state index >= 15 is 0 Å². The zero-order chi connectivity index (χ0) is 15.5. The van der Waals surface area contributed by atoms with E-state index in [2.05, 4.69) is 18.8 Å². The van der Waals surface area contributed by atoms with E-state index in [1.165, 1.54) is 6.42 Å². The number of likely N-dealkylation sites (tertiary alicyclic amines) is 1. The summed E-state index contributed by atoms with van der Waals surface area (Å²) in [7, 11) is 0. The molecule has 1 aromatic heterocycles. The maximum absolute atomic E-state index is 12.8. The standard InChI is InChI=1S/C18H23N3O/c1-3-15-5-4-14(2)21(12-15)18(22)16-6-8-17(9-7-16)20-11-10-19-13-20/h6-11,13-15H,3-5,12H2,1-2H3/t14-,15+/m1/s1. The normalized spacial score (nSPS) is 21.8. The van der Waals surface area contributed by atoms with Crippen molar-refractivity contribution < 1.29 is 4.79 Å². The van der Waals surface area contributed by atoms with E-state index < -0.39 is 0 Å². The van der Waals surface area contributed by atoms with E-state index in [1.54, 1.807) is 12.5 Å². The highest BCUT2D eigenvalue weighted by molar-refractivity contribution is 5.94. The molecule has 1 amide bonds. The molecular formula is C18H23N3O. The minimum atomic E-state index is 0.155. The Balaban J connectivity index is 1.77. The molecule has 1 aliphatic heterocycles. The molecule has 0 aliphatic carbocycles. The summed E-state index contributed by atoms with van der Waals surface area (Å²) in [6.45, 7) is 5.26. The second kappa shape index (κ2) is 6.34. The van der Waals surface area contributed by atoms with Crippen LogP contribution in [0.2, 0.25) is 0 Å². The van der Waals surface area contributed by atoms with Gasteiger partial charge in [0.2, 0.25) is 0 Å². The van der Waals surface area contributed by atoms with Gasteiger partial charge in [0.25, 0.3) is 5.91 Å².